The Labute approximate surface area is 114 Å². The fourth-order valence-corrected chi connectivity index (χ4v) is 3.14. The molecule has 0 radical (unpaired) electrons. The van der Waals surface area contributed by atoms with E-state index in [2.05, 4.69) is 16.9 Å². The van der Waals surface area contributed by atoms with Crippen LogP contribution in [-0.4, -0.2) is 21.7 Å². The van der Waals surface area contributed by atoms with Crippen molar-refractivity contribution in [3.05, 3.63) is 27.4 Å². The Hall–Kier alpha value is -1.16. The molecule has 1 aliphatic rings. The summed E-state index contributed by atoms with van der Waals surface area (Å²) in [6, 6.07) is 0. The highest BCUT2D eigenvalue weighted by atomic mass is 16.3. The first-order valence-corrected chi connectivity index (χ1v) is 7.36. The quantitative estimate of drug-likeness (QED) is 0.877. The molecule has 2 unspecified atom stereocenters. The highest BCUT2D eigenvalue weighted by molar-refractivity contribution is 5.18. The predicted molar refractivity (Wildman–Crippen MR) is 75.4 cm³/mol. The monoisotopic (exact) mass is 264 g/mol. The summed E-state index contributed by atoms with van der Waals surface area (Å²) >= 11 is 0. The van der Waals surface area contributed by atoms with Crippen molar-refractivity contribution in [1.29, 1.82) is 0 Å². The lowest BCUT2D eigenvalue weighted by Crippen LogP contribution is -2.24. The van der Waals surface area contributed by atoms with Gasteiger partial charge in [-0.05, 0) is 25.7 Å². The largest absolute Gasteiger partial charge is 0.396 e. The summed E-state index contributed by atoms with van der Waals surface area (Å²) in [5, 5.41) is 8.97. The number of aryl methyl sites for hydroxylation is 1. The van der Waals surface area contributed by atoms with Gasteiger partial charge in [0.15, 0.2) is 0 Å². The zero-order valence-electron chi connectivity index (χ0n) is 11.9. The maximum Gasteiger partial charge on any atom is 0.254 e. The van der Waals surface area contributed by atoms with Crippen LogP contribution in [0.5, 0.6) is 0 Å². The van der Waals surface area contributed by atoms with E-state index in [1.165, 1.54) is 19.3 Å². The van der Waals surface area contributed by atoms with E-state index in [0.717, 1.165) is 30.3 Å². The van der Waals surface area contributed by atoms with Crippen LogP contribution in [0.4, 0.5) is 0 Å². The number of aromatic nitrogens is 2. The summed E-state index contributed by atoms with van der Waals surface area (Å²) in [4.78, 5) is 19.6. The highest BCUT2D eigenvalue weighted by Gasteiger charge is 2.24. The van der Waals surface area contributed by atoms with E-state index in [-0.39, 0.29) is 12.2 Å². The molecule has 1 aromatic rings. The van der Waals surface area contributed by atoms with Gasteiger partial charge in [0.2, 0.25) is 0 Å². The van der Waals surface area contributed by atoms with Crippen molar-refractivity contribution < 1.29 is 5.11 Å². The Morgan fingerprint density at radius 3 is 2.84 bits per heavy atom. The van der Waals surface area contributed by atoms with Crippen molar-refractivity contribution in [2.24, 2.45) is 5.92 Å². The maximum atomic E-state index is 12.0. The van der Waals surface area contributed by atoms with Crippen LogP contribution < -0.4 is 5.56 Å². The van der Waals surface area contributed by atoms with E-state index in [1.807, 2.05) is 6.92 Å². The number of aromatic amines is 1. The molecular formula is C15H24N2O2. The minimum atomic E-state index is -0.0739. The zero-order valence-corrected chi connectivity index (χ0v) is 11.9. The lowest BCUT2D eigenvalue weighted by molar-refractivity contribution is 0.297. The summed E-state index contributed by atoms with van der Waals surface area (Å²) in [6.45, 7) is 4.09. The van der Waals surface area contributed by atoms with Gasteiger partial charge in [0.25, 0.3) is 5.56 Å². The van der Waals surface area contributed by atoms with Gasteiger partial charge < -0.3 is 10.1 Å². The van der Waals surface area contributed by atoms with Gasteiger partial charge in [-0.15, -0.1) is 0 Å². The molecule has 2 rings (SSSR count). The Morgan fingerprint density at radius 1 is 1.42 bits per heavy atom. The lowest BCUT2D eigenvalue weighted by atomic mass is 9.80. The molecule has 2 N–H and O–H groups in total. The maximum absolute atomic E-state index is 12.0. The number of aliphatic hydroxyl groups excluding tert-OH is 1. The Kier molecular flexibility index (Phi) is 4.75. The van der Waals surface area contributed by atoms with Crippen molar-refractivity contribution in [3.63, 3.8) is 0 Å². The average Bonchev–Trinajstić information content (AvgIpc) is 2.42. The molecule has 0 aliphatic heterocycles. The van der Waals surface area contributed by atoms with E-state index in [9.17, 15) is 4.79 Å². The van der Waals surface area contributed by atoms with E-state index < -0.39 is 0 Å². The van der Waals surface area contributed by atoms with E-state index in [0.29, 0.717) is 17.9 Å². The van der Waals surface area contributed by atoms with Crippen LogP contribution in [0.3, 0.4) is 0 Å². The third kappa shape index (κ3) is 3.24. The molecule has 1 saturated carbocycles. The fourth-order valence-electron chi connectivity index (χ4n) is 3.14. The van der Waals surface area contributed by atoms with Gasteiger partial charge >= 0.3 is 0 Å². The molecule has 19 heavy (non-hydrogen) atoms. The van der Waals surface area contributed by atoms with E-state index in [4.69, 9.17) is 5.11 Å². The average molecular weight is 264 g/mol. The molecule has 0 amide bonds. The van der Waals surface area contributed by atoms with Gasteiger partial charge in [-0.3, -0.25) is 4.79 Å². The van der Waals surface area contributed by atoms with Crippen LogP contribution in [-0.2, 0) is 6.42 Å². The zero-order chi connectivity index (χ0) is 13.8. The van der Waals surface area contributed by atoms with Crippen LogP contribution >= 0.6 is 0 Å². The van der Waals surface area contributed by atoms with Crippen LogP contribution in [0.2, 0.25) is 0 Å². The third-order valence-corrected chi connectivity index (χ3v) is 4.35. The van der Waals surface area contributed by atoms with Crippen molar-refractivity contribution in [2.45, 2.75) is 58.3 Å². The summed E-state index contributed by atoms with van der Waals surface area (Å²) in [5.74, 6) is 2.01. The number of rotatable bonds is 4. The van der Waals surface area contributed by atoms with Gasteiger partial charge in [0.1, 0.15) is 5.82 Å². The Morgan fingerprint density at radius 2 is 2.21 bits per heavy atom. The number of nitrogens with zero attached hydrogens (tertiary/aromatic N) is 1. The van der Waals surface area contributed by atoms with E-state index >= 15 is 0 Å². The van der Waals surface area contributed by atoms with Gasteiger partial charge in [-0.1, -0.05) is 26.2 Å². The normalized spacial score (nSPS) is 23.5. The summed E-state index contributed by atoms with van der Waals surface area (Å²) in [7, 11) is 0. The lowest BCUT2D eigenvalue weighted by Gasteiger charge is -2.28. The van der Waals surface area contributed by atoms with E-state index in [1.54, 1.807) is 0 Å². The summed E-state index contributed by atoms with van der Waals surface area (Å²) < 4.78 is 0. The molecule has 2 atom stereocenters. The first kappa shape index (κ1) is 14.3. The smallest absolute Gasteiger partial charge is 0.254 e. The van der Waals surface area contributed by atoms with Crippen molar-refractivity contribution in [2.75, 3.05) is 6.61 Å². The fraction of sp³-hybridized carbons (Fsp3) is 0.733. The molecular weight excluding hydrogens is 240 g/mol. The van der Waals surface area contributed by atoms with Gasteiger partial charge in [0.05, 0.1) is 0 Å². The Bertz CT molecular complexity index is 482. The third-order valence-electron chi connectivity index (χ3n) is 4.35. The second-order valence-corrected chi connectivity index (χ2v) is 5.63. The molecule has 0 aromatic carbocycles. The van der Waals surface area contributed by atoms with Crippen LogP contribution in [0.25, 0.3) is 0 Å². The molecule has 1 aliphatic carbocycles. The van der Waals surface area contributed by atoms with Crippen molar-refractivity contribution in [3.8, 4) is 0 Å². The first-order valence-electron chi connectivity index (χ1n) is 7.36. The molecule has 1 heterocycles. The van der Waals surface area contributed by atoms with Crippen LogP contribution in [0, 0.1) is 12.8 Å². The molecule has 4 heteroatoms. The summed E-state index contributed by atoms with van der Waals surface area (Å²) in [5.41, 5.74) is 1.32. The molecule has 0 spiro atoms. The van der Waals surface area contributed by atoms with Gasteiger partial charge in [-0.2, -0.15) is 0 Å². The standard InChI is InChI=1S/C15H24N2O2/c1-3-11-5-4-6-12(9-11)14-16-10(2)13(7-8-18)15(19)17-14/h11-12,18H,3-9H2,1-2H3,(H,16,17,19). The topological polar surface area (TPSA) is 66.0 Å². The first-order chi connectivity index (χ1) is 9.15. The van der Waals surface area contributed by atoms with Crippen LogP contribution in [0.1, 0.15) is 62.0 Å². The number of H-pyrrole nitrogens is 1. The predicted octanol–water partition coefficient (Wildman–Crippen LogP) is 2.30. The molecule has 1 aromatic heterocycles. The number of hydrogen-bond donors (Lipinski definition) is 2. The van der Waals surface area contributed by atoms with Gasteiger partial charge in [-0.25, -0.2) is 4.98 Å². The Balaban J connectivity index is 2.23. The van der Waals surface area contributed by atoms with Crippen molar-refractivity contribution >= 4 is 0 Å². The number of nitrogens with one attached hydrogen (secondary N) is 1. The summed E-state index contributed by atoms with van der Waals surface area (Å²) in [6.07, 6.45) is 6.39. The SMILES string of the molecule is CCC1CCCC(c2nc(C)c(CCO)c(=O)[nH]2)C1. The minimum absolute atomic E-state index is 0.00765. The second-order valence-electron chi connectivity index (χ2n) is 5.63. The molecule has 4 nitrogen and oxygen atoms in total. The van der Waals surface area contributed by atoms with Crippen molar-refractivity contribution in [1.82, 2.24) is 9.97 Å². The second kappa shape index (κ2) is 6.33. The number of aliphatic hydroxyl groups is 1. The van der Waals surface area contributed by atoms with Crippen LogP contribution in [0.15, 0.2) is 4.79 Å². The highest BCUT2D eigenvalue weighted by Crippen LogP contribution is 2.35. The molecule has 0 bridgehead atoms. The minimum Gasteiger partial charge on any atom is -0.396 e. The van der Waals surface area contributed by atoms with Gasteiger partial charge in [0, 0.05) is 30.2 Å². The molecule has 106 valence electrons. The number of hydrogen-bond acceptors (Lipinski definition) is 3. The molecule has 0 saturated heterocycles. The molecule has 1 fully saturated rings.